The molecule has 0 aliphatic carbocycles. The molecule has 0 radical (unpaired) electrons. The van der Waals surface area contributed by atoms with Crippen molar-refractivity contribution in [1.29, 1.82) is 0 Å². The number of likely N-dealkylation sites (N-methyl/N-ethyl adjacent to an activating group) is 1. The van der Waals surface area contributed by atoms with Gasteiger partial charge in [-0.25, -0.2) is 0 Å². The molecule has 16 heavy (non-hydrogen) atoms. The van der Waals surface area contributed by atoms with Crippen LogP contribution in [0.3, 0.4) is 0 Å². The standard InChI is InChI=1S/C11H21N3O2/c1-8-5-9(6-13(8)2)14-4-3-11(12,7-14)10(15)16/h8-9H,3-7,12H2,1-2H3,(H,15,16). The molecule has 0 amide bonds. The van der Waals surface area contributed by atoms with Crippen molar-refractivity contribution in [2.24, 2.45) is 5.73 Å². The second-order valence-corrected chi connectivity index (χ2v) is 5.36. The highest BCUT2D eigenvalue weighted by atomic mass is 16.4. The van der Waals surface area contributed by atoms with Gasteiger partial charge in [-0.3, -0.25) is 9.69 Å². The molecule has 2 saturated heterocycles. The van der Waals surface area contributed by atoms with Crippen LogP contribution >= 0.6 is 0 Å². The summed E-state index contributed by atoms with van der Waals surface area (Å²) in [7, 11) is 2.12. The van der Waals surface area contributed by atoms with E-state index in [1.165, 1.54) is 0 Å². The topological polar surface area (TPSA) is 69.8 Å². The van der Waals surface area contributed by atoms with Gasteiger partial charge in [-0.05, 0) is 26.8 Å². The smallest absolute Gasteiger partial charge is 0.325 e. The van der Waals surface area contributed by atoms with Gasteiger partial charge in [0, 0.05) is 31.7 Å². The first kappa shape index (κ1) is 11.8. The van der Waals surface area contributed by atoms with Gasteiger partial charge in [0.1, 0.15) is 5.54 Å². The fourth-order valence-electron chi connectivity index (χ4n) is 2.78. The molecule has 3 atom stereocenters. The second-order valence-electron chi connectivity index (χ2n) is 5.36. The molecular weight excluding hydrogens is 206 g/mol. The average molecular weight is 227 g/mol. The molecule has 2 aliphatic heterocycles. The summed E-state index contributed by atoms with van der Waals surface area (Å²) in [5, 5.41) is 9.07. The Hall–Kier alpha value is -0.650. The maximum absolute atomic E-state index is 11.1. The number of carboxylic acids is 1. The molecule has 0 aromatic carbocycles. The van der Waals surface area contributed by atoms with E-state index in [1.54, 1.807) is 0 Å². The van der Waals surface area contributed by atoms with Crippen molar-refractivity contribution in [2.45, 2.75) is 37.4 Å². The van der Waals surface area contributed by atoms with Crippen LogP contribution in [0.25, 0.3) is 0 Å². The minimum Gasteiger partial charge on any atom is -0.480 e. The Labute approximate surface area is 96.2 Å². The van der Waals surface area contributed by atoms with Gasteiger partial charge in [-0.15, -0.1) is 0 Å². The lowest BCUT2D eigenvalue weighted by Gasteiger charge is -2.25. The number of carboxylic acid groups (broad SMARTS) is 1. The molecule has 0 saturated carbocycles. The highest BCUT2D eigenvalue weighted by Crippen LogP contribution is 2.27. The Morgan fingerprint density at radius 3 is 2.69 bits per heavy atom. The van der Waals surface area contributed by atoms with E-state index in [1.807, 2.05) is 0 Å². The lowest BCUT2D eigenvalue weighted by atomic mass is 10.0. The van der Waals surface area contributed by atoms with E-state index >= 15 is 0 Å². The molecule has 3 unspecified atom stereocenters. The zero-order valence-corrected chi connectivity index (χ0v) is 10.0. The molecule has 2 heterocycles. The third-order valence-corrected chi connectivity index (χ3v) is 4.14. The van der Waals surface area contributed by atoms with Crippen molar-refractivity contribution in [2.75, 3.05) is 26.7 Å². The van der Waals surface area contributed by atoms with Crippen molar-refractivity contribution >= 4 is 5.97 Å². The SMILES string of the molecule is CC1CC(N2CCC(N)(C(=O)O)C2)CN1C. The second kappa shape index (κ2) is 3.98. The number of nitrogens with zero attached hydrogens (tertiary/aromatic N) is 2. The number of hydrogen-bond acceptors (Lipinski definition) is 4. The molecule has 5 heteroatoms. The summed E-state index contributed by atoms with van der Waals surface area (Å²) in [6.45, 7) is 4.54. The molecule has 0 bridgehead atoms. The van der Waals surface area contributed by atoms with Crippen molar-refractivity contribution < 1.29 is 9.90 Å². The molecule has 5 nitrogen and oxygen atoms in total. The molecular formula is C11H21N3O2. The largest absolute Gasteiger partial charge is 0.480 e. The summed E-state index contributed by atoms with van der Waals surface area (Å²) in [4.78, 5) is 15.6. The van der Waals surface area contributed by atoms with Crippen LogP contribution in [0, 0.1) is 0 Å². The molecule has 0 aromatic heterocycles. The normalized spacial score (nSPS) is 41.7. The van der Waals surface area contributed by atoms with Crippen LogP contribution in [0.4, 0.5) is 0 Å². The zero-order chi connectivity index (χ0) is 11.9. The minimum atomic E-state index is -1.02. The summed E-state index contributed by atoms with van der Waals surface area (Å²) >= 11 is 0. The average Bonchev–Trinajstić information content (AvgIpc) is 2.73. The van der Waals surface area contributed by atoms with Crippen LogP contribution in [0.2, 0.25) is 0 Å². The fourth-order valence-corrected chi connectivity index (χ4v) is 2.78. The maximum atomic E-state index is 11.1. The third kappa shape index (κ3) is 1.95. The van der Waals surface area contributed by atoms with Crippen LogP contribution in [0.15, 0.2) is 0 Å². The van der Waals surface area contributed by atoms with Crippen LogP contribution in [0.1, 0.15) is 19.8 Å². The van der Waals surface area contributed by atoms with E-state index in [0.29, 0.717) is 25.0 Å². The fraction of sp³-hybridized carbons (Fsp3) is 0.909. The van der Waals surface area contributed by atoms with E-state index < -0.39 is 11.5 Å². The van der Waals surface area contributed by atoms with E-state index in [9.17, 15) is 4.79 Å². The molecule has 2 aliphatic rings. The predicted molar refractivity (Wildman–Crippen MR) is 61.2 cm³/mol. The van der Waals surface area contributed by atoms with E-state index in [-0.39, 0.29) is 0 Å². The molecule has 3 N–H and O–H groups in total. The van der Waals surface area contributed by atoms with Gasteiger partial charge in [0.05, 0.1) is 0 Å². The first-order valence-electron chi connectivity index (χ1n) is 5.89. The Balaban J connectivity index is 1.97. The van der Waals surface area contributed by atoms with E-state index in [0.717, 1.165) is 19.5 Å². The quantitative estimate of drug-likeness (QED) is 0.670. The Bertz CT molecular complexity index is 287. The van der Waals surface area contributed by atoms with Gasteiger partial charge in [-0.2, -0.15) is 0 Å². The highest BCUT2D eigenvalue weighted by molar-refractivity contribution is 5.79. The van der Waals surface area contributed by atoms with Gasteiger partial charge in [-0.1, -0.05) is 0 Å². The van der Waals surface area contributed by atoms with Crippen molar-refractivity contribution in [3.63, 3.8) is 0 Å². The van der Waals surface area contributed by atoms with Crippen LogP contribution in [-0.4, -0.2) is 65.2 Å². The predicted octanol–water partition coefficient (Wildman–Crippen LogP) is -0.433. The third-order valence-electron chi connectivity index (χ3n) is 4.14. The van der Waals surface area contributed by atoms with Gasteiger partial charge in [0.25, 0.3) is 0 Å². The van der Waals surface area contributed by atoms with Crippen molar-refractivity contribution in [3.8, 4) is 0 Å². The monoisotopic (exact) mass is 227 g/mol. The van der Waals surface area contributed by atoms with E-state index in [2.05, 4.69) is 23.8 Å². The summed E-state index contributed by atoms with van der Waals surface area (Å²) in [5.74, 6) is -0.866. The number of aliphatic carboxylic acids is 1. The first-order chi connectivity index (χ1) is 7.42. The number of hydrogen-bond donors (Lipinski definition) is 2. The molecule has 2 fully saturated rings. The molecule has 92 valence electrons. The van der Waals surface area contributed by atoms with Crippen molar-refractivity contribution in [3.05, 3.63) is 0 Å². The summed E-state index contributed by atoms with van der Waals surface area (Å²) < 4.78 is 0. The van der Waals surface area contributed by atoms with Crippen molar-refractivity contribution in [1.82, 2.24) is 9.80 Å². The lowest BCUT2D eigenvalue weighted by molar-refractivity contribution is -0.142. The van der Waals surface area contributed by atoms with Crippen LogP contribution in [0.5, 0.6) is 0 Å². The highest BCUT2D eigenvalue weighted by Gasteiger charge is 2.44. The van der Waals surface area contributed by atoms with E-state index in [4.69, 9.17) is 10.8 Å². The summed E-state index contributed by atoms with van der Waals surface area (Å²) in [6.07, 6.45) is 1.68. The molecule has 2 rings (SSSR count). The van der Waals surface area contributed by atoms with Gasteiger partial charge < -0.3 is 15.7 Å². The number of likely N-dealkylation sites (tertiary alicyclic amines) is 2. The Morgan fingerprint density at radius 2 is 2.25 bits per heavy atom. The zero-order valence-electron chi connectivity index (χ0n) is 10.0. The lowest BCUT2D eigenvalue weighted by Crippen LogP contribution is -2.51. The summed E-state index contributed by atoms with van der Waals surface area (Å²) in [5.41, 5.74) is 4.85. The number of rotatable bonds is 2. The number of nitrogens with two attached hydrogens (primary N) is 1. The Morgan fingerprint density at radius 1 is 1.56 bits per heavy atom. The van der Waals surface area contributed by atoms with Gasteiger partial charge >= 0.3 is 5.97 Å². The molecule has 0 aromatic rings. The van der Waals surface area contributed by atoms with Crippen LogP contribution < -0.4 is 5.73 Å². The maximum Gasteiger partial charge on any atom is 0.325 e. The number of carbonyl (C=O) groups is 1. The Kier molecular flexibility index (Phi) is 2.94. The van der Waals surface area contributed by atoms with Crippen LogP contribution in [-0.2, 0) is 4.79 Å². The van der Waals surface area contributed by atoms with Gasteiger partial charge in [0.15, 0.2) is 0 Å². The first-order valence-corrected chi connectivity index (χ1v) is 5.89. The summed E-state index contributed by atoms with van der Waals surface area (Å²) in [6, 6.07) is 1.06. The minimum absolute atomic E-state index is 0.477. The van der Waals surface area contributed by atoms with Gasteiger partial charge in [0.2, 0.25) is 0 Å². The molecule has 0 spiro atoms.